The lowest BCUT2D eigenvalue weighted by molar-refractivity contribution is -0.136. The molecule has 0 aliphatic rings. The Morgan fingerprint density at radius 3 is 2.50 bits per heavy atom. The van der Waals surface area contributed by atoms with E-state index >= 15 is 0 Å². The lowest BCUT2D eigenvalue weighted by Crippen LogP contribution is -2.08. The molecule has 0 fully saturated rings. The van der Waals surface area contributed by atoms with Crippen molar-refractivity contribution in [3.8, 4) is 17.0 Å². The summed E-state index contributed by atoms with van der Waals surface area (Å²) in [5.74, 6) is -0.370. The van der Waals surface area contributed by atoms with Crippen LogP contribution in [0.25, 0.3) is 31.7 Å². The molecule has 2 N–H and O–H groups in total. The molecule has 0 amide bonds. The Morgan fingerprint density at radius 1 is 1.15 bits per heavy atom. The molecule has 0 aliphatic heterocycles. The molecular weight excluding hydrogens is 433 g/mol. The summed E-state index contributed by atoms with van der Waals surface area (Å²) in [5.41, 5.74) is -0.966. The van der Waals surface area contributed by atoms with E-state index in [-0.39, 0.29) is 31.9 Å². The van der Waals surface area contributed by atoms with E-state index in [2.05, 4.69) is 25.9 Å². The average Bonchev–Trinajstić information content (AvgIpc) is 2.92. The number of pyridine rings is 2. The first kappa shape index (κ1) is 17.0. The highest BCUT2D eigenvalue weighted by atomic mass is 79.9. The van der Waals surface area contributed by atoms with Gasteiger partial charge in [-0.05, 0) is 18.2 Å². The number of nitrogens with zero attached hydrogens (tertiary/aromatic N) is 1. The van der Waals surface area contributed by atoms with E-state index in [1.54, 1.807) is 24.3 Å². The number of nitrogens with one attached hydrogen (secondary N) is 1. The number of hydrogen-bond acceptors (Lipinski definition) is 4. The number of hydrogen-bond donors (Lipinski definition) is 2. The number of aromatic nitrogens is 2. The average molecular weight is 441 g/mol. The van der Waals surface area contributed by atoms with Gasteiger partial charge in [-0.3, -0.25) is 4.79 Å². The molecule has 0 radical (unpaired) electrons. The van der Waals surface area contributed by atoms with Crippen molar-refractivity contribution in [2.24, 2.45) is 0 Å². The second kappa shape index (κ2) is 5.82. The van der Waals surface area contributed by atoms with Gasteiger partial charge < -0.3 is 10.1 Å². The maximum Gasteiger partial charge on any atom is 0.417 e. The Hall–Kier alpha value is -2.39. The summed E-state index contributed by atoms with van der Waals surface area (Å²) in [6.45, 7) is 0. The summed E-state index contributed by atoms with van der Waals surface area (Å²) in [7, 11) is 0. The number of alkyl halides is 3. The first-order valence-electron chi connectivity index (χ1n) is 7.27. The molecule has 132 valence electrons. The summed E-state index contributed by atoms with van der Waals surface area (Å²) in [6, 6.07) is 8.63. The van der Waals surface area contributed by atoms with Crippen molar-refractivity contribution in [1.82, 2.24) is 9.97 Å². The third kappa shape index (κ3) is 2.77. The van der Waals surface area contributed by atoms with Crippen molar-refractivity contribution in [3.05, 3.63) is 56.8 Å². The molecule has 4 rings (SSSR count). The number of halogens is 4. The van der Waals surface area contributed by atoms with Crippen LogP contribution in [-0.2, 0) is 6.18 Å². The zero-order valence-corrected chi connectivity index (χ0v) is 15.1. The van der Waals surface area contributed by atoms with E-state index in [0.29, 0.717) is 5.56 Å². The van der Waals surface area contributed by atoms with E-state index in [1.165, 1.54) is 0 Å². The van der Waals surface area contributed by atoms with Crippen molar-refractivity contribution < 1.29 is 18.3 Å². The van der Waals surface area contributed by atoms with Gasteiger partial charge in [-0.25, -0.2) is 4.98 Å². The Morgan fingerprint density at radius 2 is 1.85 bits per heavy atom. The standard InChI is InChI=1S/C17H8BrF3N2O2S/c18-8-3-1-7(2-4-8)10-5-9(17(19,20)21)13-14-15(26-16(13)22-10)11(24)6-12(25)23-14/h1-6H,(H2,23,24,25). The predicted octanol–water partition coefficient (Wildman–Crippen LogP) is 5.29. The molecular formula is C17H8BrF3N2O2S. The molecule has 26 heavy (non-hydrogen) atoms. The monoisotopic (exact) mass is 440 g/mol. The van der Waals surface area contributed by atoms with Crippen LogP contribution in [0.15, 0.2) is 45.7 Å². The fraction of sp³-hybridized carbons (Fsp3) is 0.0588. The van der Waals surface area contributed by atoms with Crippen molar-refractivity contribution >= 4 is 47.7 Å². The van der Waals surface area contributed by atoms with E-state index < -0.39 is 17.3 Å². The van der Waals surface area contributed by atoms with Crippen LogP contribution >= 0.6 is 27.3 Å². The summed E-state index contributed by atoms with van der Waals surface area (Å²) in [4.78, 5) is 18.4. The number of benzene rings is 1. The quantitative estimate of drug-likeness (QED) is 0.422. The van der Waals surface area contributed by atoms with Crippen molar-refractivity contribution in [3.63, 3.8) is 0 Å². The van der Waals surface area contributed by atoms with Crippen LogP contribution in [0.5, 0.6) is 5.75 Å². The van der Waals surface area contributed by atoms with Crippen LogP contribution < -0.4 is 5.56 Å². The molecule has 3 heterocycles. The molecule has 0 unspecified atom stereocenters. The highest BCUT2D eigenvalue weighted by Crippen LogP contribution is 2.44. The number of rotatable bonds is 1. The third-order valence-corrected chi connectivity index (χ3v) is 5.49. The third-order valence-electron chi connectivity index (χ3n) is 3.86. The summed E-state index contributed by atoms with van der Waals surface area (Å²) >= 11 is 4.18. The van der Waals surface area contributed by atoms with Gasteiger partial charge in [0.05, 0.1) is 21.5 Å². The Labute approximate surface area is 156 Å². The fourth-order valence-corrected chi connectivity index (χ4v) is 4.07. The van der Waals surface area contributed by atoms with Gasteiger partial charge in [0.1, 0.15) is 10.6 Å². The summed E-state index contributed by atoms with van der Waals surface area (Å²) in [6.07, 6.45) is -4.65. The molecule has 0 aliphatic carbocycles. The van der Waals surface area contributed by atoms with Gasteiger partial charge in [0, 0.05) is 21.5 Å². The second-order valence-corrected chi connectivity index (χ2v) is 7.48. The zero-order valence-electron chi connectivity index (χ0n) is 12.7. The van der Waals surface area contributed by atoms with E-state index in [0.717, 1.165) is 27.9 Å². The predicted molar refractivity (Wildman–Crippen MR) is 97.5 cm³/mol. The lowest BCUT2D eigenvalue weighted by Gasteiger charge is -2.11. The fourth-order valence-electron chi connectivity index (χ4n) is 2.74. The molecule has 1 aromatic carbocycles. The number of H-pyrrole nitrogens is 1. The molecule has 4 nitrogen and oxygen atoms in total. The Balaban J connectivity index is 2.13. The molecule has 0 spiro atoms. The van der Waals surface area contributed by atoms with Gasteiger partial charge in [0.15, 0.2) is 0 Å². The minimum Gasteiger partial charge on any atom is -0.506 e. The van der Waals surface area contributed by atoms with E-state index in [4.69, 9.17) is 0 Å². The smallest absolute Gasteiger partial charge is 0.417 e. The first-order valence-corrected chi connectivity index (χ1v) is 8.87. The Bertz CT molecular complexity index is 1210. The molecule has 0 bridgehead atoms. The van der Waals surface area contributed by atoms with E-state index in [9.17, 15) is 23.1 Å². The van der Waals surface area contributed by atoms with Gasteiger partial charge in [0.2, 0.25) is 0 Å². The van der Waals surface area contributed by atoms with Crippen LogP contribution in [0, 0.1) is 0 Å². The van der Waals surface area contributed by atoms with Crippen molar-refractivity contribution in [2.75, 3.05) is 0 Å². The highest BCUT2D eigenvalue weighted by Gasteiger charge is 2.35. The minimum atomic E-state index is -4.65. The van der Waals surface area contributed by atoms with Gasteiger partial charge in [-0.2, -0.15) is 13.2 Å². The number of fused-ring (bicyclic) bond motifs is 3. The maximum absolute atomic E-state index is 13.7. The molecule has 4 aromatic rings. The number of aromatic hydroxyl groups is 1. The first-order chi connectivity index (χ1) is 12.2. The van der Waals surface area contributed by atoms with Gasteiger partial charge in [-0.1, -0.05) is 28.1 Å². The van der Waals surface area contributed by atoms with Crippen LogP contribution in [0.1, 0.15) is 5.56 Å². The number of thiophene rings is 1. The van der Waals surface area contributed by atoms with Crippen LogP contribution in [0.3, 0.4) is 0 Å². The SMILES string of the molecule is O=c1cc(O)c2sc3nc(-c4ccc(Br)cc4)cc(C(F)(F)F)c3c2[nH]1. The van der Waals surface area contributed by atoms with Crippen LogP contribution in [0.2, 0.25) is 0 Å². The Kier molecular flexibility index (Phi) is 3.81. The van der Waals surface area contributed by atoms with Crippen molar-refractivity contribution in [2.45, 2.75) is 6.18 Å². The van der Waals surface area contributed by atoms with Crippen molar-refractivity contribution in [1.29, 1.82) is 0 Å². The maximum atomic E-state index is 13.7. The highest BCUT2D eigenvalue weighted by molar-refractivity contribution is 9.10. The minimum absolute atomic E-state index is 0.0582. The van der Waals surface area contributed by atoms with Crippen LogP contribution in [0.4, 0.5) is 13.2 Å². The zero-order chi connectivity index (χ0) is 18.6. The van der Waals surface area contributed by atoms with Crippen LogP contribution in [-0.4, -0.2) is 15.1 Å². The molecule has 0 atom stereocenters. The molecule has 9 heteroatoms. The second-order valence-electron chi connectivity index (χ2n) is 5.56. The summed E-state index contributed by atoms with van der Waals surface area (Å²) < 4.78 is 42.0. The lowest BCUT2D eigenvalue weighted by atomic mass is 10.1. The summed E-state index contributed by atoms with van der Waals surface area (Å²) in [5, 5.41) is 9.72. The van der Waals surface area contributed by atoms with Gasteiger partial charge in [0.25, 0.3) is 5.56 Å². The van der Waals surface area contributed by atoms with E-state index in [1.807, 2.05) is 0 Å². The topological polar surface area (TPSA) is 66.0 Å². The number of aromatic amines is 1. The normalized spacial score (nSPS) is 12.2. The molecule has 0 saturated heterocycles. The van der Waals surface area contributed by atoms with Gasteiger partial charge in [-0.15, -0.1) is 11.3 Å². The molecule has 0 saturated carbocycles. The van der Waals surface area contributed by atoms with Gasteiger partial charge >= 0.3 is 6.18 Å². The largest absolute Gasteiger partial charge is 0.506 e. The molecule has 3 aromatic heterocycles.